The van der Waals surface area contributed by atoms with Crippen LogP contribution < -0.4 is 0 Å². The Kier molecular flexibility index (Phi) is 33.9. The van der Waals surface area contributed by atoms with Crippen molar-refractivity contribution in [2.75, 3.05) is 26.4 Å². The molecule has 57 heavy (non-hydrogen) atoms. The van der Waals surface area contributed by atoms with Crippen LogP contribution in [0.5, 0.6) is 0 Å². The Bertz CT molecular complexity index is 1320. The lowest BCUT2D eigenvalue weighted by atomic mass is 10.00. The fraction of sp³-hybridized carbons (Fsp3) is 0.659. The Labute approximate surface area is 340 Å². The first-order valence-electron chi connectivity index (χ1n) is 20.1. The summed E-state index contributed by atoms with van der Waals surface area (Å²) in [5.74, 6) is -0.433. The summed E-state index contributed by atoms with van der Waals surface area (Å²) in [5, 5.41) is 19.5. The number of carbonyl (C=O) groups is 2. The molecule has 0 saturated heterocycles. The lowest BCUT2D eigenvalue weighted by molar-refractivity contribution is -0.161. The van der Waals surface area contributed by atoms with Crippen LogP contribution in [0.4, 0.5) is 0 Å². The first-order chi connectivity index (χ1) is 27.2. The quantitative estimate of drug-likeness (QED) is 0.0131. The van der Waals surface area contributed by atoms with E-state index in [1.54, 1.807) is 6.08 Å². The molecule has 0 fully saturated rings. The van der Waals surface area contributed by atoms with Crippen LogP contribution in [0.25, 0.3) is 0 Å². The number of aliphatic hydroxyl groups excluding tert-OH is 2. The largest absolute Gasteiger partial charge is 0.472 e. The van der Waals surface area contributed by atoms with Crippen LogP contribution in [0.1, 0.15) is 124 Å². The summed E-state index contributed by atoms with van der Waals surface area (Å²) >= 11 is 0. The number of rotatable bonds is 36. The average molecular weight is 849 g/mol. The molecule has 0 aromatic carbocycles. The highest BCUT2D eigenvalue weighted by atomic mass is 31.2. The van der Waals surface area contributed by atoms with Crippen molar-refractivity contribution in [2.24, 2.45) is 5.92 Å². The van der Waals surface area contributed by atoms with Crippen molar-refractivity contribution in [1.29, 1.82) is 0 Å². The number of ether oxygens (including phenoxy) is 2. The number of carbonyl (C=O) groups excluding carboxylic acids is 2. The number of allylic oxidation sites excluding steroid dienone is 10. The maximum absolute atomic E-state index is 12.6. The van der Waals surface area contributed by atoms with Gasteiger partial charge in [-0.3, -0.25) is 23.2 Å². The third-order valence-electron chi connectivity index (χ3n) is 8.23. The molecule has 3 unspecified atom stereocenters. The zero-order chi connectivity index (χ0) is 42.6. The highest BCUT2D eigenvalue weighted by Gasteiger charge is 2.28. The molecular formula is C41H70O14P2. The van der Waals surface area contributed by atoms with E-state index >= 15 is 0 Å². The summed E-state index contributed by atoms with van der Waals surface area (Å²) < 4.78 is 47.5. The maximum atomic E-state index is 12.6. The minimum atomic E-state index is -4.87. The molecule has 0 aliphatic heterocycles. The molecule has 0 aromatic rings. The van der Waals surface area contributed by atoms with E-state index in [1.165, 1.54) is 19.3 Å². The normalized spacial score (nSPS) is 16.0. The molecule has 0 spiro atoms. The molecule has 0 aliphatic rings. The van der Waals surface area contributed by atoms with Crippen LogP contribution in [0.3, 0.4) is 0 Å². The molecule has 16 heteroatoms. The summed E-state index contributed by atoms with van der Waals surface area (Å²) in [7, 11) is -9.70. The van der Waals surface area contributed by atoms with E-state index in [1.807, 2.05) is 54.7 Å². The van der Waals surface area contributed by atoms with Gasteiger partial charge in [0.25, 0.3) is 0 Å². The third-order valence-corrected chi connectivity index (χ3v) is 9.67. The second kappa shape index (κ2) is 35.5. The van der Waals surface area contributed by atoms with Gasteiger partial charge in [-0.1, -0.05) is 139 Å². The minimum absolute atomic E-state index is 0.0512. The first kappa shape index (κ1) is 54.5. The molecular weight excluding hydrogens is 778 g/mol. The van der Waals surface area contributed by atoms with E-state index in [0.29, 0.717) is 25.7 Å². The second-order valence-electron chi connectivity index (χ2n) is 13.6. The van der Waals surface area contributed by atoms with E-state index < -0.39 is 72.3 Å². The van der Waals surface area contributed by atoms with Crippen LogP contribution >= 0.6 is 15.6 Å². The predicted octanol–water partition coefficient (Wildman–Crippen LogP) is 8.66. The zero-order valence-electron chi connectivity index (χ0n) is 34.2. The molecule has 0 aliphatic carbocycles. The molecule has 0 bridgehead atoms. The molecule has 0 saturated carbocycles. The second-order valence-corrected chi connectivity index (χ2v) is 16.3. The predicted molar refractivity (Wildman–Crippen MR) is 222 cm³/mol. The topological polar surface area (TPSA) is 216 Å². The van der Waals surface area contributed by atoms with Crippen molar-refractivity contribution >= 4 is 27.6 Å². The number of phosphoric ester groups is 2. The van der Waals surface area contributed by atoms with Gasteiger partial charge in [0.2, 0.25) is 0 Å². The average Bonchev–Trinajstić information content (AvgIpc) is 3.16. The molecule has 14 nitrogen and oxygen atoms in total. The van der Waals surface area contributed by atoms with Crippen molar-refractivity contribution < 1.29 is 66.7 Å². The first-order valence-corrected chi connectivity index (χ1v) is 23.2. The molecule has 0 radical (unpaired) electrons. The van der Waals surface area contributed by atoms with E-state index in [2.05, 4.69) is 42.0 Å². The van der Waals surface area contributed by atoms with E-state index in [9.17, 15) is 33.8 Å². The Balaban J connectivity index is 4.69. The Morgan fingerprint density at radius 1 is 0.649 bits per heavy atom. The fourth-order valence-electron chi connectivity index (χ4n) is 4.78. The van der Waals surface area contributed by atoms with Gasteiger partial charge in [-0.05, 0) is 50.9 Å². The highest BCUT2D eigenvalue weighted by Crippen LogP contribution is 2.43. The van der Waals surface area contributed by atoms with Crippen molar-refractivity contribution in [1.82, 2.24) is 0 Å². The number of esters is 2. The van der Waals surface area contributed by atoms with Crippen LogP contribution in [-0.2, 0) is 41.8 Å². The summed E-state index contributed by atoms with van der Waals surface area (Å²) in [5.41, 5.74) is 0. The van der Waals surface area contributed by atoms with E-state index in [4.69, 9.17) is 23.8 Å². The van der Waals surface area contributed by atoms with E-state index in [-0.39, 0.29) is 12.8 Å². The Hall–Kier alpha value is -2.48. The monoisotopic (exact) mass is 848 g/mol. The van der Waals surface area contributed by atoms with Crippen molar-refractivity contribution in [3.63, 3.8) is 0 Å². The number of hydrogen-bond acceptors (Lipinski definition) is 11. The molecule has 5 N–H and O–H groups in total. The van der Waals surface area contributed by atoms with Gasteiger partial charge in [0.05, 0.1) is 25.9 Å². The van der Waals surface area contributed by atoms with Gasteiger partial charge in [-0.2, -0.15) is 0 Å². The SMILES string of the molecule is CC/C=C\CC(O)/C=C/C=C/C/C=C\C/C=C\C/C=C\CCC(=O)OC[C@H](COP(=O)(O)OC[C@@H](O)COP(=O)(O)O)OC(=O)CCCCCCCCC(C)CC. The molecule has 5 atom stereocenters. The summed E-state index contributed by atoms with van der Waals surface area (Å²) in [6, 6.07) is 0. The van der Waals surface area contributed by atoms with Crippen molar-refractivity contribution in [3.05, 3.63) is 72.9 Å². The van der Waals surface area contributed by atoms with Gasteiger partial charge in [-0.25, -0.2) is 9.13 Å². The van der Waals surface area contributed by atoms with Crippen LogP contribution in [0, 0.1) is 5.92 Å². The van der Waals surface area contributed by atoms with Gasteiger partial charge < -0.3 is 34.4 Å². The number of aliphatic hydroxyl groups is 2. The Morgan fingerprint density at radius 3 is 1.89 bits per heavy atom. The van der Waals surface area contributed by atoms with Crippen molar-refractivity contribution in [3.8, 4) is 0 Å². The van der Waals surface area contributed by atoms with Crippen LogP contribution in [-0.4, -0.2) is 81.6 Å². The summed E-state index contributed by atoms with van der Waals surface area (Å²) in [6.45, 7) is 3.66. The molecule has 0 rings (SSSR count). The molecule has 0 aromatic heterocycles. The number of phosphoric acid groups is 2. The van der Waals surface area contributed by atoms with Gasteiger partial charge in [0.1, 0.15) is 12.7 Å². The summed E-state index contributed by atoms with van der Waals surface area (Å²) in [6.07, 6.45) is 32.8. The lowest BCUT2D eigenvalue weighted by Crippen LogP contribution is -2.29. The van der Waals surface area contributed by atoms with E-state index in [0.717, 1.165) is 50.9 Å². The third kappa shape index (κ3) is 38.8. The van der Waals surface area contributed by atoms with Gasteiger partial charge >= 0.3 is 27.6 Å². The minimum Gasteiger partial charge on any atom is -0.462 e. The fourth-order valence-corrected chi connectivity index (χ4v) is 5.94. The van der Waals surface area contributed by atoms with Gasteiger partial charge in [-0.15, -0.1) is 0 Å². The van der Waals surface area contributed by atoms with Gasteiger partial charge in [0.15, 0.2) is 6.10 Å². The van der Waals surface area contributed by atoms with Crippen LogP contribution in [0.15, 0.2) is 72.9 Å². The molecule has 328 valence electrons. The number of hydrogen-bond donors (Lipinski definition) is 5. The molecule has 0 amide bonds. The van der Waals surface area contributed by atoms with Crippen LogP contribution in [0.2, 0.25) is 0 Å². The lowest BCUT2D eigenvalue weighted by Gasteiger charge is -2.20. The van der Waals surface area contributed by atoms with Gasteiger partial charge in [0, 0.05) is 12.8 Å². The molecule has 0 heterocycles. The highest BCUT2D eigenvalue weighted by molar-refractivity contribution is 7.47. The Morgan fingerprint density at radius 2 is 1.25 bits per heavy atom. The number of unbranched alkanes of at least 4 members (excludes halogenated alkanes) is 5. The standard InChI is InChI=1S/C41H70O14P2/c1-4-6-22-28-37(42)29-24-19-14-12-10-8-7-9-11-13-15-20-25-30-40(44)51-34-39(35-54-57(49,50)53-33-38(43)32-52-56(46,47)48)55-41(45)31-26-21-17-16-18-23-27-36(3)5-2/h6,8-11,14-15,19-20,22,24,29,36-39,42-43H,4-5,7,12-13,16-18,21,23,25-28,30-35H2,1-3H3,(H,49,50)(H2,46,47,48)/b10-8-,11-9-,19-14+,20-15-,22-6-,29-24+/t36?,37?,38-,39+/m0/s1. The van der Waals surface area contributed by atoms with Crippen molar-refractivity contribution in [2.45, 2.75) is 142 Å². The maximum Gasteiger partial charge on any atom is 0.472 e. The summed E-state index contributed by atoms with van der Waals surface area (Å²) in [4.78, 5) is 52.5. The zero-order valence-corrected chi connectivity index (χ0v) is 36.0. The smallest absolute Gasteiger partial charge is 0.462 e.